The van der Waals surface area contributed by atoms with Gasteiger partial charge in [-0.15, -0.1) is 0 Å². The van der Waals surface area contributed by atoms with E-state index in [0.29, 0.717) is 13.0 Å². The van der Waals surface area contributed by atoms with Crippen molar-refractivity contribution in [3.8, 4) is 11.5 Å². The fourth-order valence-corrected chi connectivity index (χ4v) is 2.90. The number of benzene rings is 2. The highest BCUT2D eigenvalue weighted by molar-refractivity contribution is 5.94. The third kappa shape index (κ3) is 3.16. The van der Waals surface area contributed by atoms with Crippen molar-refractivity contribution in [1.29, 1.82) is 0 Å². The summed E-state index contributed by atoms with van der Waals surface area (Å²) in [6.07, 6.45) is 0.656. The molecule has 0 bridgehead atoms. The molecule has 0 unspecified atom stereocenters. The van der Waals surface area contributed by atoms with E-state index in [1.807, 2.05) is 50.2 Å². The molecule has 120 valence electrons. The monoisotopic (exact) mass is 311 g/mol. The molecule has 3 rings (SSSR count). The average Bonchev–Trinajstić information content (AvgIpc) is 2.57. The van der Waals surface area contributed by atoms with Crippen LogP contribution in [-0.4, -0.2) is 19.6 Å². The average molecular weight is 311 g/mol. The summed E-state index contributed by atoms with van der Waals surface area (Å²) in [7, 11) is 1.64. The first-order valence-electron chi connectivity index (χ1n) is 7.75. The number of hydrogen-bond acceptors (Lipinski definition) is 3. The minimum absolute atomic E-state index is 0.00382. The van der Waals surface area contributed by atoms with Crippen LogP contribution in [0.1, 0.15) is 16.7 Å². The van der Waals surface area contributed by atoms with Gasteiger partial charge in [0.2, 0.25) is 5.91 Å². The summed E-state index contributed by atoms with van der Waals surface area (Å²) in [6.45, 7) is 4.40. The van der Waals surface area contributed by atoms with Gasteiger partial charge in [-0.25, -0.2) is 0 Å². The minimum atomic E-state index is -0.200. The lowest BCUT2D eigenvalue weighted by atomic mass is 9.95. The van der Waals surface area contributed by atoms with Gasteiger partial charge in [0.1, 0.15) is 18.1 Å². The van der Waals surface area contributed by atoms with Crippen LogP contribution in [0.25, 0.3) is 0 Å². The lowest BCUT2D eigenvalue weighted by Gasteiger charge is -2.25. The van der Waals surface area contributed by atoms with Crippen LogP contribution in [0.4, 0.5) is 5.69 Å². The van der Waals surface area contributed by atoms with Gasteiger partial charge in [0, 0.05) is 5.69 Å². The van der Waals surface area contributed by atoms with E-state index in [1.165, 1.54) is 0 Å². The molecule has 0 saturated heterocycles. The quantitative estimate of drug-likeness (QED) is 0.943. The van der Waals surface area contributed by atoms with Crippen molar-refractivity contribution in [1.82, 2.24) is 0 Å². The molecule has 0 fully saturated rings. The largest absolute Gasteiger partial charge is 0.497 e. The van der Waals surface area contributed by atoms with E-state index < -0.39 is 0 Å². The number of ether oxygens (including phenoxy) is 2. The van der Waals surface area contributed by atoms with Crippen molar-refractivity contribution in [3.05, 3.63) is 53.1 Å². The number of aryl methyl sites for hydroxylation is 2. The topological polar surface area (TPSA) is 47.6 Å². The number of rotatable bonds is 3. The minimum Gasteiger partial charge on any atom is -0.497 e. The maximum Gasteiger partial charge on any atom is 0.231 e. The molecular weight excluding hydrogens is 290 g/mol. The number of para-hydroxylation sites is 1. The summed E-state index contributed by atoms with van der Waals surface area (Å²) in [5.41, 5.74) is 4.04. The van der Waals surface area contributed by atoms with Crippen molar-refractivity contribution in [2.75, 3.05) is 19.0 Å². The van der Waals surface area contributed by atoms with Crippen LogP contribution in [-0.2, 0) is 11.2 Å². The second kappa shape index (κ2) is 6.32. The van der Waals surface area contributed by atoms with Gasteiger partial charge in [-0.05, 0) is 55.2 Å². The highest BCUT2D eigenvalue weighted by Gasteiger charge is 2.27. The van der Waals surface area contributed by atoms with Gasteiger partial charge in [-0.3, -0.25) is 4.79 Å². The maximum absolute atomic E-state index is 12.6. The molecule has 0 aromatic heterocycles. The molecule has 1 aliphatic heterocycles. The molecule has 4 heteroatoms. The molecule has 1 N–H and O–H groups in total. The van der Waals surface area contributed by atoms with Crippen molar-refractivity contribution in [3.63, 3.8) is 0 Å². The molecule has 0 saturated carbocycles. The molecule has 4 nitrogen and oxygen atoms in total. The fraction of sp³-hybridized carbons (Fsp3) is 0.316. The highest BCUT2D eigenvalue weighted by atomic mass is 16.5. The number of nitrogens with one attached hydrogen (secondary N) is 1. The van der Waals surface area contributed by atoms with Crippen LogP contribution in [0, 0.1) is 19.8 Å². The third-order valence-corrected chi connectivity index (χ3v) is 4.27. The van der Waals surface area contributed by atoms with E-state index in [4.69, 9.17) is 9.47 Å². The van der Waals surface area contributed by atoms with E-state index in [2.05, 4.69) is 5.32 Å². The SMILES string of the molecule is COc1ccc2c(c1)C[C@H](C(=O)Nc1c(C)cccc1C)CO2. The third-order valence-electron chi connectivity index (χ3n) is 4.27. The summed E-state index contributed by atoms with van der Waals surface area (Å²) >= 11 is 0. The summed E-state index contributed by atoms with van der Waals surface area (Å²) < 4.78 is 11.0. The zero-order chi connectivity index (χ0) is 16.4. The lowest BCUT2D eigenvalue weighted by molar-refractivity contribution is -0.121. The first kappa shape index (κ1) is 15.4. The van der Waals surface area contributed by atoms with E-state index in [-0.39, 0.29) is 11.8 Å². The zero-order valence-electron chi connectivity index (χ0n) is 13.7. The predicted octanol–water partition coefficient (Wildman–Crippen LogP) is 3.50. The fourth-order valence-electron chi connectivity index (χ4n) is 2.90. The summed E-state index contributed by atoms with van der Waals surface area (Å²) in [4.78, 5) is 12.6. The zero-order valence-corrected chi connectivity index (χ0v) is 13.7. The first-order chi connectivity index (χ1) is 11.1. The Balaban J connectivity index is 1.76. The molecule has 1 heterocycles. The Morgan fingerprint density at radius 2 is 1.96 bits per heavy atom. The number of carbonyl (C=O) groups is 1. The van der Waals surface area contributed by atoms with Crippen LogP contribution in [0.5, 0.6) is 11.5 Å². The molecule has 1 atom stereocenters. The Kier molecular flexibility index (Phi) is 4.24. The molecule has 0 radical (unpaired) electrons. The van der Waals surface area contributed by atoms with Gasteiger partial charge in [0.15, 0.2) is 0 Å². The number of methoxy groups -OCH3 is 1. The first-order valence-corrected chi connectivity index (χ1v) is 7.75. The van der Waals surface area contributed by atoms with Gasteiger partial charge in [0.05, 0.1) is 13.0 Å². The second-order valence-corrected chi connectivity index (χ2v) is 5.94. The molecule has 2 aromatic rings. The van der Waals surface area contributed by atoms with Gasteiger partial charge in [-0.1, -0.05) is 18.2 Å². The smallest absolute Gasteiger partial charge is 0.231 e. The number of fused-ring (bicyclic) bond motifs is 1. The molecule has 0 spiro atoms. The van der Waals surface area contributed by atoms with Gasteiger partial charge < -0.3 is 14.8 Å². The molecule has 1 aliphatic rings. The van der Waals surface area contributed by atoms with Crippen molar-refractivity contribution < 1.29 is 14.3 Å². The number of anilines is 1. The normalized spacial score (nSPS) is 16.2. The Bertz CT molecular complexity index is 719. The van der Waals surface area contributed by atoms with E-state index in [1.54, 1.807) is 7.11 Å². The van der Waals surface area contributed by atoms with Crippen LogP contribution in [0.2, 0.25) is 0 Å². The Hall–Kier alpha value is -2.49. The molecule has 1 amide bonds. The van der Waals surface area contributed by atoms with Crippen molar-refractivity contribution in [2.24, 2.45) is 5.92 Å². The number of carbonyl (C=O) groups excluding carboxylic acids is 1. The van der Waals surface area contributed by atoms with Crippen molar-refractivity contribution in [2.45, 2.75) is 20.3 Å². The maximum atomic E-state index is 12.6. The standard InChI is InChI=1S/C19H21NO3/c1-12-5-4-6-13(2)18(12)20-19(21)15-9-14-10-16(22-3)7-8-17(14)23-11-15/h4-8,10,15H,9,11H2,1-3H3,(H,20,21)/t15-/m0/s1. The summed E-state index contributed by atoms with van der Waals surface area (Å²) in [5, 5.41) is 3.06. The van der Waals surface area contributed by atoms with Crippen LogP contribution >= 0.6 is 0 Å². The molecular formula is C19H21NO3. The van der Waals surface area contributed by atoms with Gasteiger partial charge in [0.25, 0.3) is 0 Å². The lowest BCUT2D eigenvalue weighted by Crippen LogP contribution is -2.33. The highest BCUT2D eigenvalue weighted by Crippen LogP contribution is 2.31. The second-order valence-electron chi connectivity index (χ2n) is 5.94. The molecule has 23 heavy (non-hydrogen) atoms. The number of hydrogen-bond donors (Lipinski definition) is 1. The van der Waals surface area contributed by atoms with Gasteiger partial charge >= 0.3 is 0 Å². The molecule has 2 aromatic carbocycles. The number of amides is 1. The summed E-state index contributed by atoms with van der Waals surface area (Å²) in [5.74, 6) is 1.41. The molecule has 0 aliphatic carbocycles. The van der Waals surface area contributed by atoms with Crippen LogP contribution in [0.3, 0.4) is 0 Å². The Morgan fingerprint density at radius 3 is 2.65 bits per heavy atom. The van der Waals surface area contributed by atoms with E-state index >= 15 is 0 Å². The Morgan fingerprint density at radius 1 is 1.22 bits per heavy atom. The van der Waals surface area contributed by atoms with E-state index in [0.717, 1.165) is 33.9 Å². The Labute approximate surface area is 136 Å². The predicted molar refractivity (Wildman–Crippen MR) is 90.2 cm³/mol. The summed E-state index contributed by atoms with van der Waals surface area (Å²) in [6, 6.07) is 11.7. The van der Waals surface area contributed by atoms with Gasteiger partial charge in [-0.2, -0.15) is 0 Å². The van der Waals surface area contributed by atoms with Crippen LogP contribution in [0.15, 0.2) is 36.4 Å². The van der Waals surface area contributed by atoms with Crippen molar-refractivity contribution >= 4 is 11.6 Å². The van der Waals surface area contributed by atoms with Crippen LogP contribution < -0.4 is 14.8 Å². The van der Waals surface area contributed by atoms with E-state index in [9.17, 15) is 4.79 Å².